The number of hydrogen-bond donors (Lipinski definition) is 6. The summed E-state index contributed by atoms with van der Waals surface area (Å²) in [5.41, 5.74) is 11.2. The van der Waals surface area contributed by atoms with Crippen LogP contribution in [-0.4, -0.2) is 108 Å². The Balaban J connectivity index is 0.000000192. The van der Waals surface area contributed by atoms with Crippen LogP contribution >= 0.6 is 66.4 Å². The SMILES string of the molecule is C.C.CC(=O)c1cc2ccc(Br)cc2[nH]1.CC(C)(C)OC(=O)n1ncc2cc(Nc3ccnc(Cl)n3)ccc21.CC1CCCN1.Clc1nccc(Nc2ccc(C3=CCN=C3)cc2)n1.NC1CCOC1.O=C(O)c1cc2ccc(Br)cc2s1. The van der Waals surface area contributed by atoms with E-state index in [4.69, 9.17) is 43.5 Å². The fraction of sp³-hybridized carbons (Fsp3) is 0.283. The van der Waals surface area contributed by atoms with Gasteiger partial charge in [0.15, 0.2) is 5.78 Å². The van der Waals surface area contributed by atoms with Crippen molar-refractivity contribution in [2.75, 3.05) is 36.9 Å². The number of fused-ring (bicyclic) bond motifs is 3. The number of carbonyl (C=O) groups is 3. The molecule has 23 heteroatoms. The van der Waals surface area contributed by atoms with Gasteiger partial charge in [-0.1, -0.05) is 77.1 Å². The smallest absolute Gasteiger partial charge is 0.435 e. The number of aromatic carboxylic acids is 1. The molecule has 2 saturated heterocycles. The number of carboxylic acids is 1. The van der Waals surface area contributed by atoms with Crippen LogP contribution in [0.15, 0.2) is 142 Å². The molecular weight excluding hydrogens is 1250 g/mol. The Labute approximate surface area is 514 Å². The number of allylic oxidation sites excluding steroid dienone is 1. The van der Waals surface area contributed by atoms with E-state index < -0.39 is 17.7 Å². The average Bonchev–Trinajstić information content (AvgIpc) is 4.47. The average molecular weight is 1320 g/mol. The zero-order chi connectivity index (χ0) is 58.1. The molecule has 4 aromatic carbocycles. The van der Waals surface area contributed by atoms with Crippen LogP contribution < -0.4 is 21.7 Å². The minimum Gasteiger partial charge on any atom is -0.477 e. The molecule has 0 amide bonds. The number of nitrogens with two attached hydrogens (primary N) is 1. The molecule has 7 N–H and O–H groups in total. The largest absolute Gasteiger partial charge is 0.477 e. The van der Waals surface area contributed by atoms with E-state index in [2.05, 4.69) is 95.8 Å². The van der Waals surface area contributed by atoms with Gasteiger partial charge in [-0.05, 0) is 172 Å². The number of anilines is 4. The van der Waals surface area contributed by atoms with Crippen molar-refractivity contribution in [1.29, 1.82) is 0 Å². The topological polar surface area (TPSA) is 250 Å². The number of nitrogens with zero attached hydrogens (tertiary/aromatic N) is 7. The van der Waals surface area contributed by atoms with E-state index in [9.17, 15) is 14.4 Å². The quantitative estimate of drug-likeness (QED) is 0.0641. The molecule has 2 atom stereocenters. The fourth-order valence-corrected chi connectivity index (χ4v) is 9.88. The number of ketones is 1. The van der Waals surface area contributed by atoms with Gasteiger partial charge in [0, 0.05) is 85.5 Å². The van der Waals surface area contributed by atoms with Crippen molar-refractivity contribution < 1.29 is 29.0 Å². The minimum atomic E-state index is -0.864. The summed E-state index contributed by atoms with van der Waals surface area (Å²) in [5, 5.41) is 25.7. The van der Waals surface area contributed by atoms with Crippen molar-refractivity contribution in [2.45, 2.75) is 86.4 Å². The first-order chi connectivity index (χ1) is 38.7. The molecular formula is C60H68Br2Cl2N12O6S. The van der Waals surface area contributed by atoms with E-state index in [1.54, 1.807) is 49.8 Å². The van der Waals surface area contributed by atoms with Crippen LogP contribution in [-0.2, 0) is 9.47 Å². The summed E-state index contributed by atoms with van der Waals surface area (Å²) in [7, 11) is 0. The molecule has 0 saturated carbocycles. The lowest BCUT2D eigenvalue weighted by atomic mass is 10.1. The van der Waals surface area contributed by atoms with Crippen molar-refractivity contribution in [3.63, 3.8) is 0 Å². The van der Waals surface area contributed by atoms with Gasteiger partial charge in [-0.15, -0.1) is 11.3 Å². The number of Topliss-reactive ketones (excluding diaryl/α,β-unsaturated/α-hetero) is 1. The van der Waals surface area contributed by atoms with Crippen LogP contribution in [0, 0.1) is 0 Å². The standard InChI is InChI=1S/C16H16ClN5O2.C14H11ClN4.C10H8BrNO.C9H5BrO2S.C5H11N.C4H9NO.2CH4/c1-16(2,3)24-15(23)22-12-5-4-11(8-10(12)9-19-22)20-13-6-7-18-14(17)21-13;15-14-17-8-6-13(19-14)18-12-3-1-10(2-4-12)11-5-7-16-9-11;1-6(13)9-4-7-2-3-8(11)5-10(7)12-9;10-6-2-1-5-3-8(9(11)12)13-7(5)4-6;1-5-3-2-4-6-5;5-4-1-2-6-3-4;;/h4-9H,1-3H3,(H,18,20,21);1-6,8-9H,7H2,(H,17,18,19);2-5,12H,1H3;1-4H,(H,11,12);5-6H,2-4H2,1H3;4H,1-3,5H2;2*1H4. The van der Waals surface area contributed by atoms with E-state index in [1.165, 1.54) is 35.4 Å². The van der Waals surface area contributed by atoms with Gasteiger partial charge >= 0.3 is 12.1 Å². The molecule has 18 nitrogen and oxygen atoms in total. The number of carbonyl (C=O) groups excluding carboxylic acids is 2. The number of rotatable bonds is 7. The molecule has 438 valence electrons. The van der Waals surface area contributed by atoms with Crippen LogP contribution in [0.25, 0.3) is 37.5 Å². The summed E-state index contributed by atoms with van der Waals surface area (Å²) in [5.74, 6) is 0.452. The maximum atomic E-state index is 12.2. The Morgan fingerprint density at radius 2 is 1.48 bits per heavy atom. The summed E-state index contributed by atoms with van der Waals surface area (Å²) in [6.45, 7) is 12.9. The van der Waals surface area contributed by atoms with Crippen LogP contribution in [0.5, 0.6) is 0 Å². The number of ether oxygens (including phenoxy) is 2. The number of aromatic amines is 1. The minimum absolute atomic E-state index is 0. The first-order valence-electron chi connectivity index (χ1n) is 25.6. The highest BCUT2D eigenvalue weighted by molar-refractivity contribution is 9.10. The highest BCUT2D eigenvalue weighted by atomic mass is 79.9. The molecule has 0 bridgehead atoms. The van der Waals surface area contributed by atoms with E-state index in [1.807, 2.05) is 106 Å². The molecule has 3 aliphatic rings. The zero-order valence-electron chi connectivity index (χ0n) is 44.9. The summed E-state index contributed by atoms with van der Waals surface area (Å²) in [6.07, 6.45) is 12.1. The highest BCUT2D eigenvalue weighted by Gasteiger charge is 2.20. The molecule has 3 aliphatic heterocycles. The van der Waals surface area contributed by atoms with Crippen LogP contribution in [0.4, 0.5) is 27.8 Å². The summed E-state index contributed by atoms with van der Waals surface area (Å²) in [6, 6.07) is 33.3. The zero-order valence-corrected chi connectivity index (χ0v) is 50.4. The number of carboxylic acid groups (broad SMARTS) is 1. The van der Waals surface area contributed by atoms with E-state index in [-0.39, 0.29) is 31.2 Å². The Kier molecular flexibility index (Phi) is 25.9. The second-order valence-corrected chi connectivity index (χ2v) is 23.0. The maximum absolute atomic E-state index is 12.2. The van der Waals surface area contributed by atoms with Gasteiger partial charge in [0.25, 0.3) is 0 Å². The Morgan fingerprint density at radius 1 is 0.831 bits per heavy atom. The number of H-pyrrole nitrogens is 1. The van der Waals surface area contributed by atoms with Crippen LogP contribution in [0.2, 0.25) is 10.6 Å². The van der Waals surface area contributed by atoms with E-state index in [0.29, 0.717) is 33.8 Å². The van der Waals surface area contributed by atoms with Gasteiger partial charge in [-0.2, -0.15) is 9.78 Å². The van der Waals surface area contributed by atoms with Gasteiger partial charge in [-0.3, -0.25) is 9.79 Å². The molecule has 0 spiro atoms. The normalized spacial score (nSPS) is 14.7. The number of halogens is 4. The first kappa shape index (κ1) is 66.8. The molecule has 83 heavy (non-hydrogen) atoms. The molecule has 8 heterocycles. The highest BCUT2D eigenvalue weighted by Crippen LogP contribution is 2.29. The van der Waals surface area contributed by atoms with Crippen LogP contribution in [0.3, 0.4) is 0 Å². The fourth-order valence-electron chi connectivity index (χ4n) is 7.77. The van der Waals surface area contributed by atoms with Gasteiger partial charge in [0.1, 0.15) is 22.1 Å². The summed E-state index contributed by atoms with van der Waals surface area (Å²) < 4.78 is 14.5. The van der Waals surface area contributed by atoms with Gasteiger partial charge in [0.05, 0.1) is 30.6 Å². The summed E-state index contributed by atoms with van der Waals surface area (Å²) >= 11 is 19.5. The number of benzene rings is 4. The van der Waals surface area contributed by atoms with Gasteiger partial charge < -0.3 is 41.2 Å². The summed E-state index contributed by atoms with van der Waals surface area (Å²) in [4.78, 5) is 57.3. The molecule has 0 aliphatic carbocycles. The molecule has 2 fully saturated rings. The Hall–Kier alpha value is -6.95. The third-order valence-corrected chi connectivity index (χ3v) is 14.2. The van der Waals surface area contributed by atoms with Crippen molar-refractivity contribution >= 4 is 151 Å². The molecule has 5 aromatic heterocycles. The van der Waals surface area contributed by atoms with Crippen molar-refractivity contribution in [1.82, 2.24) is 40.0 Å². The number of nitrogens with one attached hydrogen (secondary N) is 4. The lowest BCUT2D eigenvalue weighted by molar-refractivity contribution is 0.0522. The Bertz CT molecular complexity index is 3550. The van der Waals surface area contributed by atoms with Crippen molar-refractivity contribution in [3.8, 4) is 0 Å². The maximum Gasteiger partial charge on any atom is 0.435 e. The first-order valence-corrected chi connectivity index (χ1v) is 28.7. The molecule has 2 unspecified atom stereocenters. The second kappa shape index (κ2) is 32.2. The number of aromatic nitrogens is 7. The number of thiophene rings is 1. The molecule has 0 radical (unpaired) electrons. The van der Waals surface area contributed by atoms with Crippen molar-refractivity contribution in [2.24, 2.45) is 10.7 Å². The lowest BCUT2D eigenvalue weighted by Gasteiger charge is -2.19. The van der Waals surface area contributed by atoms with Crippen molar-refractivity contribution in [3.05, 3.63) is 163 Å². The van der Waals surface area contributed by atoms with Gasteiger partial charge in [-0.25, -0.2) is 29.5 Å². The Morgan fingerprint density at radius 3 is 2.01 bits per heavy atom. The third kappa shape index (κ3) is 21.3. The van der Waals surface area contributed by atoms with Gasteiger partial charge in [0.2, 0.25) is 10.6 Å². The molecule has 12 rings (SSSR count). The van der Waals surface area contributed by atoms with Crippen LogP contribution in [0.1, 0.15) is 94.5 Å². The van der Waals surface area contributed by atoms with E-state index in [0.717, 1.165) is 90.1 Å². The second-order valence-electron chi connectivity index (χ2n) is 19.4. The monoisotopic (exact) mass is 1310 g/mol. The molecule has 9 aromatic rings. The predicted octanol–water partition coefficient (Wildman–Crippen LogP) is 15.6. The lowest BCUT2D eigenvalue weighted by Crippen LogP contribution is -2.27. The number of aliphatic imine (C=N–C) groups is 1. The number of hydrogen-bond acceptors (Lipinski definition) is 16. The third-order valence-electron chi connectivity index (χ3n) is 11.7. The van der Waals surface area contributed by atoms with E-state index >= 15 is 0 Å². The predicted molar refractivity (Wildman–Crippen MR) is 346 cm³/mol.